The number of nitrogens with one attached hydrogen (secondary N) is 1. The zero-order valence-corrected chi connectivity index (χ0v) is 15.0. The van der Waals surface area contributed by atoms with E-state index in [-0.39, 0.29) is 5.91 Å². The average Bonchev–Trinajstić information content (AvgIpc) is 3.24. The van der Waals surface area contributed by atoms with Gasteiger partial charge in [-0.15, -0.1) is 11.3 Å². The van der Waals surface area contributed by atoms with Crippen LogP contribution in [0.4, 0.5) is 5.13 Å². The van der Waals surface area contributed by atoms with Crippen molar-refractivity contribution in [1.82, 2.24) is 9.88 Å². The highest BCUT2D eigenvalue weighted by Crippen LogP contribution is 2.39. The Labute approximate surface area is 150 Å². The van der Waals surface area contributed by atoms with E-state index in [1.54, 1.807) is 0 Å². The Balaban J connectivity index is 1.49. The van der Waals surface area contributed by atoms with Gasteiger partial charge in [0.25, 0.3) is 0 Å². The fourth-order valence-electron chi connectivity index (χ4n) is 3.45. The van der Waals surface area contributed by atoms with Gasteiger partial charge >= 0.3 is 0 Å². The van der Waals surface area contributed by atoms with E-state index in [1.807, 2.05) is 12.3 Å². The quantitative estimate of drug-likeness (QED) is 0.908. The summed E-state index contributed by atoms with van der Waals surface area (Å²) >= 11 is 1.54. The van der Waals surface area contributed by atoms with Crippen molar-refractivity contribution in [2.45, 2.75) is 32.4 Å². The molecule has 0 aliphatic carbocycles. The molecule has 1 aromatic heterocycles. The van der Waals surface area contributed by atoms with Crippen LogP contribution in [-0.4, -0.2) is 35.5 Å². The minimum Gasteiger partial charge on any atom is -0.486 e. The zero-order chi connectivity index (χ0) is 17.2. The molecular formula is C18H21N3O3S. The minimum absolute atomic E-state index is 0.0868. The van der Waals surface area contributed by atoms with Crippen LogP contribution < -0.4 is 14.8 Å². The molecule has 0 saturated carbocycles. The van der Waals surface area contributed by atoms with Crippen molar-refractivity contribution in [3.8, 4) is 11.5 Å². The molecule has 1 N–H and O–H groups in total. The highest BCUT2D eigenvalue weighted by molar-refractivity contribution is 7.15. The predicted octanol–water partition coefficient (Wildman–Crippen LogP) is 3.21. The summed E-state index contributed by atoms with van der Waals surface area (Å²) in [6.07, 6.45) is 4.17. The normalized spacial score (nSPS) is 19.8. The number of anilines is 1. The molecule has 7 heteroatoms. The van der Waals surface area contributed by atoms with Crippen LogP contribution in [0.25, 0.3) is 0 Å². The molecule has 0 radical (unpaired) electrons. The van der Waals surface area contributed by atoms with Gasteiger partial charge in [0.15, 0.2) is 16.6 Å². The predicted molar refractivity (Wildman–Crippen MR) is 96.2 cm³/mol. The first-order valence-electron chi connectivity index (χ1n) is 8.55. The van der Waals surface area contributed by atoms with E-state index < -0.39 is 0 Å². The molecule has 132 valence electrons. The van der Waals surface area contributed by atoms with E-state index >= 15 is 0 Å². The third-order valence-corrected chi connectivity index (χ3v) is 5.41. The zero-order valence-electron chi connectivity index (χ0n) is 14.2. The molecule has 0 spiro atoms. The summed E-state index contributed by atoms with van der Waals surface area (Å²) < 4.78 is 11.3. The van der Waals surface area contributed by atoms with Crippen molar-refractivity contribution in [1.29, 1.82) is 0 Å². The van der Waals surface area contributed by atoms with Gasteiger partial charge in [-0.3, -0.25) is 9.69 Å². The minimum atomic E-state index is -0.0868. The number of aromatic nitrogens is 1. The van der Waals surface area contributed by atoms with Crippen LogP contribution in [0.5, 0.6) is 11.5 Å². The molecule has 0 unspecified atom stereocenters. The van der Waals surface area contributed by atoms with Crippen molar-refractivity contribution in [3.05, 3.63) is 34.8 Å². The second-order valence-corrected chi connectivity index (χ2v) is 7.46. The van der Waals surface area contributed by atoms with Gasteiger partial charge < -0.3 is 14.8 Å². The topological polar surface area (TPSA) is 63.7 Å². The van der Waals surface area contributed by atoms with Gasteiger partial charge in [-0.1, -0.05) is 6.07 Å². The number of hydrogen-bond donors (Lipinski definition) is 1. The number of nitrogens with zero attached hydrogens (tertiary/aromatic N) is 2. The van der Waals surface area contributed by atoms with Crippen LogP contribution in [-0.2, 0) is 11.3 Å². The number of amides is 1. The molecule has 3 heterocycles. The van der Waals surface area contributed by atoms with Crippen molar-refractivity contribution >= 4 is 22.4 Å². The average molecular weight is 359 g/mol. The third-order valence-electron chi connectivity index (χ3n) is 4.51. The van der Waals surface area contributed by atoms with Crippen LogP contribution in [0.1, 0.15) is 36.2 Å². The number of rotatable bonds is 4. The van der Waals surface area contributed by atoms with E-state index in [0.717, 1.165) is 35.9 Å². The lowest BCUT2D eigenvalue weighted by Crippen LogP contribution is -2.22. The van der Waals surface area contributed by atoms with Gasteiger partial charge in [-0.25, -0.2) is 4.98 Å². The fourth-order valence-corrected chi connectivity index (χ4v) is 4.33. The Bertz CT molecular complexity index is 777. The number of likely N-dealkylation sites (tertiary alicyclic amines) is 1. The second kappa shape index (κ2) is 7.01. The molecule has 1 aromatic carbocycles. The Kier molecular flexibility index (Phi) is 4.59. The first kappa shape index (κ1) is 16.4. The number of carbonyl (C=O) groups excluding carboxylic acids is 1. The van der Waals surface area contributed by atoms with Crippen molar-refractivity contribution in [2.75, 3.05) is 25.1 Å². The maximum absolute atomic E-state index is 11.1. The maximum atomic E-state index is 11.1. The summed E-state index contributed by atoms with van der Waals surface area (Å²) in [6, 6.07) is 6.66. The van der Waals surface area contributed by atoms with E-state index in [9.17, 15) is 4.79 Å². The molecule has 0 bridgehead atoms. The van der Waals surface area contributed by atoms with Crippen LogP contribution in [0.15, 0.2) is 24.4 Å². The largest absolute Gasteiger partial charge is 0.486 e. The molecule has 1 atom stereocenters. The van der Waals surface area contributed by atoms with Gasteiger partial charge in [0.2, 0.25) is 5.91 Å². The van der Waals surface area contributed by atoms with Crippen molar-refractivity contribution in [2.24, 2.45) is 0 Å². The summed E-state index contributed by atoms with van der Waals surface area (Å²) in [5, 5.41) is 3.41. The van der Waals surface area contributed by atoms with Gasteiger partial charge in [0.1, 0.15) is 13.2 Å². The molecule has 2 aliphatic heterocycles. The second-order valence-electron chi connectivity index (χ2n) is 6.34. The van der Waals surface area contributed by atoms with E-state index in [1.165, 1.54) is 30.2 Å². The lowest BCUT2D eigenvalue weighted by Gasteiger charge is -2.26. The number of hydrogen-bond acceptors (Lipinski definition) is 6. The fraction of sp³-hybridized carbons (Fsp3) is 0.444. The monoisotopic (exact) mass is 359 g/mol. The number of thiazole rings is 1. The molecular weight excluding hydrogens is 338 g/mol. The summed E-state index contributed by atoms with van der Waals surface area (Å²) in [7, 11) is 0. The molecule has 2 aliphatic rings. The van der Waals surface area contributed by atoms with E-state index in [0.29, 0.717) is 24.4 Å². The molecule has 1 saturated heterocycles. The number of benzene rings is 1. The Hall–Kier alpha value is -2.12. The first-order valence-corrected chi connectivity index (χ1v) is 9.36. The first-order chi connectivity index (χ1) is 12.2. The Morgan fingerprint density at radius 1 is 1.36 bits per heavy atom. The SMILES string of the molecule is CC(=O)Nc1ncc(CN2CCC[C@@H]2c2ccc3c(c2)OCCO3)s1. The molecule has 1 amide bonds. The van der Waals surface area contributed by atoms with Crippen LogP contribution in [0.3, 0.4) is 0 Å². The summed E-state index contributed by atoms with van der Waals surface area (Å²) in [5.74, 6) is 1.60. The molecule has 2 aromatic rings. The molecule has 25 heavy (non-hydrogen) atoms. The Morgan fingerprint density at radius 3 is 3.04 bits per heavy atom. The lowest BCUT2D eigenvalue weighted by atomic mass is 10.0. The number of ether oxygens (including phenoxy) is 2. The van der Waals surface area contributed by atoms with E-state index in [2.05, 4.69) is 27.3 Å². The van der Waals surface area contributed by atoms with Crippen LogP contribution >= 0.6 is 11.3 Å². The number of fused-ring (bicyclic) bond motifs is 1. The summed E-state index contributed by atoms with van der Waals surface area (Å²) in [6.45, 7) is 4.63. The molecule has 6 nitrogen and oxygen atoms in total. The standard InChI is InChI=1S/C18H21N3O3S/c1-12(22)20-18-19-10-14(25-18)11-21-6-2-3-15(21)13-4-5-16-17(9-13)24-8-7-23-16/h4-5,9-10,15H,2-3,6-8,11H2,1H3,(H,19,20,22)/t15-/m1/s1. The van der Waals surface area contributed by atoms with Gasteiger partial charge in [-0.2, -0.15) is 0 Å². The highest BCUT2D eigenvalue weighted by Gasteiger charge is 2.27. The van der Waals surface area contributed by atoms with Crippen molar-refractivity contribution < 1.29 is 14.3 Å². The Morgan fingerprint density at radius 2 is 2.20 bits per heavy atom. The van der Waals surface area contributed by atoms with Gasteiger partial charge in [0.05, 0.1) is 0 Å². The number of carbonyl (C=O) groups is 1. The van der Waals surface area contributed by atoms with Crippen LogP contribution in [0, 0.1) is 0 Å². The van der Waals surface area contributed by atoms with Crippen LogP contribution in [0.2, 0.25) is 0 Å². The summed E-state index contributed by atoms with van der Waals surface area (Å²) in [4.78, 5) is 19.1. The third kappa shape index (κ3) is 3.62. The molecule has 1 fully saturated rings. The van der Waals surface area contributed by atoms with E-state index in [4.69, 9.17) is 9.47 Å². The van der Waals surface area contributed by atoms with Crippen molar-refractivity contribution in [3.63, 3.8) is 0 Å². The summed E-state index contributed by atoms with van der Waals surface area (Å²) in [5.41, 5.74) is 1.27. The molecule has 4 rings (SSSR count). The smallest absolute Gasteiger partial charge is 0.223 e. The maximum Gasteiger partial charge on any atom is 0.223 e. The van der Waals surface area contributed by atoms with Gasteiger partial charge in [-0.05, 0) is 37.1 Å². The lowest BCUT2D eigenvalue weighted by molar-refractivity contribution is -0.114. The highest BCUT2D eigenvalue weighted by atomic mass is 32.1. The van der Waals surface area contributed by atoms with Gasteiger partial charge in [0, 0.05) is 30.6 Å².